The van der Waals surface area contributed by atoms with Gasteiger partial charge in [0.1, 0.15) is 5.75 Å². The lowest BCUT2D eigenvalue weighted by Crippen LogP contribution is -2.13. The van der Waals surface area contributed by atoms with Crippen LogP contribution in [0.5, 0.6) is 17.2 Å². The number of ether oxygens (including phenoxy) is 2. The second kappa shape index (κ2) is 6.17. The molecule has 0 unspecified atom stereocenters. The number of anilines is 1. The molecule has 2 N–H and O–H groups in total. The van der Waals surface area contributed by atoms with Gasteiger partial charge in [0.25, 0.3) is 5.91 Å². The first-order chi connectivity index (χ1) is 10.0. The first kappa shape index (κ1) is 14.7. The fourth-order valence-electron chi connectivity index (χ4n) is 2.02. The van der Waals surface area contributed by atoms with Crippen LogP contribution in [0.4, 0.5) is 5.69 Å². The standard InChI is InChI=1S/C16H17NO4/c1-10-8-12(18)5-6-13(10)16(19)17-11-4-7-14(20-2)15(9-11)21-3/h4-9,18H,1-3H3,(H,17,19). The van der Waals surface area contributed by atoms with Gasteiger partial charge in [0.2, 0.25) is 0 Å². The number of phenolic OH excluding ortho intramolecular Hbond substituents is 1. The van der Waals surface area contributed by atoms with E-state index in [0.717, 1.165) is 0 Å². The van der Waals surface area contributed by atoms with Gasteiger partial charge in [-0.25, -0.2) is 0 Å². The lowest BCUT2D eigenvalue weighted by atomic mass is 10.1. The van der Waals surface area contributed by atoms with E-state index < -0.39 is 0 Å². The van der Waals surface area contributed by atoms with Crippen LogP contribution < -0.4 is 14.8 Å². The normalized spacial score (nSPS) is 10.0. The third-order valence-electron chi connectivity index (χ3n) is 3.10. The van der Waals surface area contributed by atoms with Crippen LogP contribution in [0.1, 0.15) is 15.9 Å². The van der Waals surface area contributed by atoms with Crippen LogP contribution in [0.3, 0.4) is 0 Å². The summed E-state index contributed by atoms with van der Waals surface area (Å²) in [4.78, 5) is 12.2. The number of carbonyl (C=O) groups is 1. The number of phenols is 1. The monoisotopic (exact) mass is 287 g/mol. The zero-order valence-corrected chi connectivity index (χ0v) is 12.1. The van der Waals surface area contributed by atoms with Gasteiger partial charge in [0, 0.05) is 17.3 Å². The van der Waals surface area contributed by atoms with E-state index in [2.05, 4.69) is 5.32 Å². The molecule has 0 saturated heterocycles. The molecule has 0 saturated carbocycles. The Morgan fingerprint density at radius 2 is 1.76 bits per heavy atom. The quantitative estimate of drug-likeness (QED) is 0.907. The molecule has 2 rings (SSSR count). The van der Waals surface area contributed by atoms with Gasteiger partial charge < -0.3 is 19.9 Å². The Labute approximate surface area is 123 Å². The minimum Gasteiger partial charge on any atom is -0.508 e. The molecule has 0 heterocycles. The van der Waals surface area contributed by atoms with Crippen LogP contribution in [-0.4, -0.2) is 25.2 Å². The van der Waals surface area contributed by atoms with E-state index in [9.17, 15) is 9.90 Å². The summed E-state index contributed by atoms with van der Waals surface area (Å²) in [5, 5.41) is 12.2. The predicted octanol–water partition coefficient (Wildman–Crippen LogP) is 2.97. The van der Waals surface area contributed by atoms with E-state index in [4.69, 9.17) is 9.47 Å². The van der Waals surface area contributed by atoms with E-state index in [1.165, 1.54) is 13.2 Å². The lowest BCUT2D eigenvalue weighted by Gasteiger charge is -2.11. The molecular weight excluding hydrogens is 270 g/mol. The van der Waals surface area contributed by atoms with Crippen molar-refractivity contribution in [3.63, 3.8) is 0 Å². The van der Waals surface area contributed by atoms with Crippen molar-refractivity contribution in [1.29, 1.82) is 0 Å². The summed E-state index contributed by atoms with van der Waals surface area (Å²) in [6.45, 7) is 1.77. The Hall–Kier alpha value is -2.69. The van der Waals surface area contributed by atoms with Gasteiger partial charge in [-0.1, -0.05) is 0 Å². The molecule has 0 spiro atoms. The zero-order chi connectivity index (χ0) is 15.4. The molecule has 0 aliphatic heterocycles. The number of aryl methyl sites for hydroxylation is 1. The fraction of sp³-hybridized carbons (Fsp3) is 0.188. The summed E-state index contributed by atoms with van der Waals surface area (Å²) >= 11 is 0. The third kappa shape index (κ3) is 3.25. The number of aromatic hydroxyl groups is 1. The van der Waals surface area contributed by atoms with Gasteiger partial charge in [-0.3, -0.25) is 4.79 Å². The fourth-order valence-corrected chi connectivity index (χ4v) is 2.02. The highest BCUT2D eigenvalue weighted by molar-refractivity contribution is 6.05. The Morgan fingerprint density at radius 3 is 2.38 bits per heavy atom. The van der Waals surface area contributed by atoms with Gasteiger partial charge in [-0.2, -0.15) is 0 Å². The van der Waals surface area contributed by atoms with Crippen LogP contribution in [0.15, 0.2) is 36.4 Å². The minimum atomic E-state index is -0.250. The molecule has 0 bridgehead atoms. The Morgan fingerprint density at radius 1 is 1.05 bits per heavy atom. The van der Waals surface area contributed by atoms with Gasteiger partial charge >= 0.3 is 0 Å². The van der Waals surface area contributed by atoms with E-state index in [-0.39, 0.29) is 11.7 Å². The molecule has 5 heteroatoms. The second-order valence-corrected chi connectivity index (χ2v) is 4.52. The molecule has 1 amide bonds. The molecule has 2 aromatic rings. The molecule has 0 aliphatic carbocycles. The molecule has 0 atom stereocenters. The SMILES string of the molecule is COc1ccc(NC(=O)c2ccc(O)cc2C)cc1OC. The van der Waals surface area contributed by atoms with Crippen molar-refractivity contribution < 1.29 is 19.4 Å². The number of amides is 1. The average Bonchev–Trinajstić information content (AvgIpc) is 2.46. The van der Waals surface area contributed by atoms with Gasteiger partial charge in [0.05, 0.1) is 14.2 Å². The van der Waals surface area contributed by atoms with Crippen molar-refractivity contribution >= 4 is 11.6 Å². The molecule has 0 aliphatic rings. The van der Waals surface area contributed by atoms with E-state index >= 15 is 0 Å². The number of nitrogens with one attached hydrogen (secondary N) is 1. The first-order valence-corrected chi connectivity index (χ1v) is 6.38. The molecule has 5 nitrogen and oxygen atoms in total. The highest BCUT2D eigenvalue weighted by Gasteiger charge is 2.11. The Balaban J connectivity index is 2.23. The number of benzene rings is 2. The number of carbonyl (C=O) groups excluding carboxylic acids is 1. The zero-order valence-electron chi connectivity index (χ0n) is 12.1. The average molecular weight is 287 g/mol. The lowest BCUT2D eigenvalue weighted by molar-refractivity contribution is 0.102. The number of hydrogen-bond donors (Lipinski definition) is 2. The number of rotatable bonds is 4. The van der Waals surface area contributed by atoms with Crippen molar-refractivity contribution in [2.75, 3.05) is 19.5 Å². The third-order valence-corrected chi connectivity index (χ3v) is 3.10. The molecule has 110 valence electrons. The largest absolute Gasteiger partial charge is 0.508 e. The van der Waals surface area contributed by atoms with Crippen LogP contribution >= 0.6 is 0 Å². The van der Waals surface area contributed by atoms with Crippen molar-refractivity contribution in [2.45, 2.75) is 6.92 Å². The molecule has 0 aromatic heterocycles. The summed E-state index contributed by atoms with van der Waals surface area (Å²) < 4.78 is 10.3. The van der Waals surface area contributed by atoms with E-state index in [0.29, 0.717) is 28.3 Å². The minimum absolute atomic E-state index is 0.134. The maximum atomic E-state index is 12.2. The smallest absolute Gasteiger partial charge is 0.255 e. The Kier molecular flexibility index (Phi) is 4.33. The van der Waals surface area contributed by atoms with E-state index in [1.54, 1.807) is 44.4 Å². The van der Waals surface area contributed by atoms with Crippen LogP contribution in [0, 0.1) is 6.92 Å². The maximum Gasteiger partial charge on any atom is 0.255 e. The Bertz CT molecular complexity index is 667. The first-order valence-electron chi connectivity index (χ1n) is 6.38. The van der Waals surface area contributed by atoms with Crippen molar-refractivity contribution in [1.82, 2.24) is 0 Å². The summed E-state index contributed by atoms with van der Waals surface area (Å²) in [5.41, 5.74) is 1.81. The van der Waals surface area contributed by atoms with Gasteiger partial charge in [-0.15, -0.1) is 0 Å². The molecular formula is C16H17NO4. The predicted molar refractivity (Wildman–Crippen MR) is 80.3 cm³/mol. The van der Waals surface area contributed by atoms with Gasteiger partial charge in [0.15, 0.2) is 11.5 Å². The van der Waals surface area contributed by atoms with Crippen LogP contribution in [-0.2, 0) is 0 Å². The maximum absolute atomic E-state index is 12.2. The second-order valence-electron chi connectivity index (χ2n) is 4.52. The number of hydrogen-bond acceptors (Lipinski definition) is 4. The summed E-state index contributed by atoms with van der Waals surface area (Å²) in [7, 11) is 3.09. The van der Waals surface area contributed by atoms with Crippen molar-refractivity contribution in [3.05, 3.63) is 47.5 Å². The highest BCUT2D eigenvalue weighted by atomic mass is 16.5. The van der Waals surface area contributed by atoms with Crippen molar-refractivity contribution in [3.8, 4) is 17.2 Å². The van der Waals surface area contributed by atoms with Crippen molar-refractivity contribution in [2.24, 2.45) is 0 Å². The van der Waals surface area contributed by atoms with Gasteiger partial charge in [-0.05, 0) is 42.8 Å². The topological polar surface area (TPSA) is 67.8 Å². The molecule has 0 fully saturated rings. The molecule has 2 aromatic carbocycles. The summed E-state index contributed by atoms with van der Waals surface area (Å²) in [6, 6.07) is 9.75. The van der Waals surface area contributed by atoms with E-state index in [1.807, 2.05) is 0 Å². The summed E-state index contributed by atoms with van der Waals surface area (Å²) in [5.74, 6) is 1.02. The number of methoxy groups -OCH3 is 2. The summed E-state index contributed by atoms with van der Waals surface area (Å²) in [6.07, 6.45) is 0. The molecule has 21 heavy (non-hydrogen) atoms. The van der Waals surface area contributed by atoms with Crippen LogP contribution in [0.2, 0.25) is 0 Å². The van der Waals surface area contributed by atoms with Crippen LogP contribution in [0.25, 0.3) is 0 Å². The molecule has 0 radical (unpaired) electrons. The highest BCUT2D eigenvalue weighted by Crippen LogP contribution is 2.30.